The fourth-order valence-electron chi connectivity index (χ4n) is 3.15. The lowest BCUT2D eigenvalue weighted by Crippen LogP contribution is -2.31. The fraction of sp³-hybridized carbons (Fsp3) is 0.273. The van der Waals surface area contributed by atoms with Crippen LogP contribution >= 0.6 is 0 Å². The molecule has 0 N–H and O–H groups in total. The molecule has 0 bridgehead atoms. The van der Waals surface area contributed by atoms with E-state index in [1.807, 2.05) is 0 Å². The molecule has 0 saturated carbocycles. The summed E-state index contributed by atoms with van der Waals surface area (Å²) in [6.07, 6.45) is 9.48. The zero-order valence-electron chi connectivity index (χ0n) is 13.9. The van der Waals surface area contributed by atoms with Gasteiger partial charge < -0.3 is 0 Å². The quantitative estimate of drug-likeness (QED) is 0.680. The van der Waals surface area contributed by atoms with E-state index in [1.54, 1.807) is 0 Å². The highest BCUT2D eigenvalue weighted by atomic mass is 15.2. The van der Waals surface area contributed by atoms with Gasteiger partial charge in [0.25, 0.3) is 0 Å². The van der Waals surface area contributed by atoms with Crippen LogP contribution in [0.15, 0.2) is 72.3 Å². The predicted molar refractivity (Wildman–Crippen MR) is 100 cm³/mol. The minimum atomic E-state index is 0.456. The number of hydrogen-bond donors (Lipinski definition) is 0. The zero-order valence-corrected chi connectivity index (χ0v) is 13.9. The Morgan fingerprint density at radius 1 is 0.870 bits per heavy atom. The van der Waals surface area contributed by atoms with E-state index in [4.69, 9.17) is 0 Å². The normalized spacial score (nSPS) is 17.7. The Bertz CT molecular complexity index is 649. The summed E-state index contributed by atoms with van der Waals surface area (Å²) in [7, 11) is 0. The van der Waals surface area contributed by atoms with Crippen LogP contribution in [0, 0.1) is 0 Å². The Balaban J connectivity index is 1.86. The molecule has 118 valence electrons. The predicted octanol–water partition coefficient (Wildman–Crippen LogP) is 5.27. The maximum atomic E-state index is 2.59. The van der Waals surface area contributed by atoms with Crippen LogP contribution in [0.3, 0.4) is 0 Å². The third kappa shape index (κ3) is 4.43. The zero-order chi connectivity index (χ0) is 15.9. The van der Waals surface area contributed by atoms with Gasteiger partial charge in [-0.3, -0.25) is 4.90 Å². The average Bonchev–Trinajstić information content (AvgIpc) is 3.14. The smallest absolute Gasteiger partial charge is 0.0320 e. The molecule has 0 radical (unpaired) electrons. The molecule has 0 spiro atoms. The summed E-state index contributed by atoms with van der Waals surface area (Å²) >= 11 is 0. The van der Waals surface area contributed by atoms with E-state index >= 15 is 0 Å². The van der Waals surface area contributed by atoms with Gasteiger partial charge in [-0.1, -0.05) is 78.9 Å². The van der Waals surface area contributed by atoms with Crippen molar-refractivity contribution in [1.82, 2.24) is 4.90 Å². The molecule has 1 heteroatoms. The summed E-state index contributed by atoms with van der Waals surface area (Å²) < 4.78 is 0. The molecule has 1 aliphatic rings. The van der Waals surface area contributed by atoms with E-state index < -0.39 is 0 Å². The average molecular weight is 303 g/mol. The lowest BCUT2D eigenvalue weighted by molar-refractivity contribution is 0.293. The highest BCUT2D eigenvalue weighted by molar-refractivity contribution is 5.62. The van der Waals surface area contributed by atoms with Crippen LogP contribution in [0.5, 0.6) is 0 Å². The molecule has 3 rings (SSSR count). The lowest BCUT2D eigenvalue weighted by atomic mass is 10.0. The molecule has 0 amide bonds. The largest absolute Gasteiger partial charge is 0.297 e. The third-order valence-electron chi connectivity index (χ3n) is 4.57. The van der Waals surface area contributed by atoms with Crippen molar-refractivity contribution in [3.05, 3.63) is 83.4 Å². The Morgan fingerprint density at radius 2 is 1.43 bits per heavy atom. The van der Waals surface area contributed by atoms with Crippen LogP contribution < -0.4 is 0 Å². The number of benzene rings is 2. The van der Waals surface area contributed by atoms with E-state index in [0.29, 0.717) is 6.04 Å². The monoisotopic (exact) mass is 303 g/mol. The molecule has 23 heavy (non-hydrogen) atoms. The summed E-state index contributed by atoms with van der Waals surface area (Å²) in [6, 6.07) is 21.6. The molecule has 1 saturated heterocycles. The summed E-state index contributed by atoms with van der Waals surface area (Å²) in [5.74, 6) is 0. The van der Waals surface area contributed by atoms with Crippen LogP contribution in [-0.4, -0.2) is 24.0 Å². The Hall–Kier alpha value is -2.12. The van der Waals surface area contributed by atoms with Crippen molar-refractivity contribution in [2.24, 2.45) is 0 Å². The second-order valence-electron chi connectivity index (χ2n) is 6.22. The van der Waals surface area contributed by atoms with Gasteiger partial charge in [-0.25, -0.2) is 0 Å². The van der Waals surface area contributed by atoms with Crippen LogP contribution in [-0.2, 0) is 0 Å². The second-order valence-corrected chi connectivity index (χ2v) is 6.22. The minimum Gasteiger partial charge on any atom is -0.297 e. The lowest BCUT2D eigenvalue weighted by Gasteiger charge is -2.25. The van der Waals surface area contributed by atoms with Crippen molar-refractivity contribution < 1.29 is 0 Å². The Labute approximate surface area is 140 Å². The molecule has 2 aromatic rings. The van der Waals surface area contributed by atoms with Gasteiger partial charge in [-0.05, 0) is 49.6 Å². The van der Waals surface area contributed by atoms with Gasteiger partial charge in [-0.15, -0.1) is 0 Å². The van der Waals surface area contributed by atoms with E-state index in [-0.39, 0.29) is 0 Å². The van der Waals surface area contributed by atoms with Gasteiger partial charge in [0.2, 0.25) is 0 Å². The first-order valence-electron chi connectivity index (χ1n) is 8.57. The molecule has 0 aliphatic carbocycles. The van der Waals surface area contributed by atoms with Gasteiger partial charge in [0, 0.05) is 6.04 Å². The van der Waals surface area contributed by atoms with Crippen LogP contribution in [0.2, 0.25) is 0 Å². The summed E-state index contributed by atoms with van der Waals surface area (Å²) in [5, 5.41) is 0. The van der Waals surface area contributed by atoms with Gasteiger partial charge >= 0.3 is 0 Å². The van der Waals surface area contributed by atoms with Crippen molar-refractivity contribution in [3.8, 4) is 0 Å². The molecule has 1 atom stereocenters. The van der Waals surface area contributed by atoms with Crippen molar-refractivity contribution in [2.75, 3.05) is 13.1 Å². The fourth-order valence-corrected chi connectivity index (χ4v) is 3.15. The number of rotatable bonds is 5. The Morgan fingerprint density at radius 3 is 2.04 bits per heavy atom. The standard InChI is InChI=1S/C22H25N/c1-19(23-16-8-9-17-23)22(18-21-12-6-3-7-13-21)15-14-20-10-4-2-5-11-20/h2-7,10-15,18-19H,8-9,16-17H2,1H3. The molecular formula is C22H25N. The molecular weight excluding hydrogens is 278 g/mol. The molecule has 2 aromatic carbocycles. The van der Waals surface area contributed by atoms with Crippen LogP contribution in [0.25, 0.3) is 12.2 Å². The first-order valence-corrected chi connectivity index (χ1v) is 8.57. The van der Waals surface area contributed by atoms with Crippen molar-refractivity contribution in [1.29, 1.82) is 0 Å². The van der Waals surface area contributed by atoms with Gasteiger partial charge in [0.15, 0.2) is 0 Å². The first kappa shape index (κ1) is 15.8. The summed E-state index contributed by atoms with van der Waals surface area (Å²) in [6.45, 7) is 4.76. The summed E-state index contributed by atoms with van der Waals surface area (Å²) in [5.41, 5.74) is 3.90. The molecule has 1 unspecified atom stereocenters. The van der Waals surface area contributed by atoms with E-state index in [0.717, 1.165) is 0 Å². The van der Waals surface area contributed by atoms with Crippen molar-refractivity contribution >= 4 is 12.2 Å². The maximum absolute atomic E-state index is 2.59. The first-order chi connectivity index (χ1) is 11.3. The van der Waals surface area contributed by atoms with Crippen molar-refractivity contribution in [3.63, 3.8) is 0 Å². The van der Waals surface area contributed by atoms with E-state index in [1.165, 1.54) is 42.6 Å². The SMILES string of the molecule is CC(C(C=Cc1ccccc1)=Cc1ccccc1)N1CCCC1. The number of nitrogens with zero attached hydrogens (tertiary/aromatic N) is 1. The number of hydrogen-bond acceptors (Lipinski definition) is 1. The molecule has 1 heterocycles. The van der Waals surface area contributed by atoms with Crippen molar-refractivity contribution in [2.45, 2.75) is 25.8 Å². The van der Waals surface area contributed by atoms with Gasteiger partial charge in [0.1, 0.15) is 0 Å². The highest BCUT2D eigenvalue weighted by Gasteiger charge is 2.19. The van der Waals surface area contributed by atoms with E-state index in [9.17, 15) is 0 Å². The summed E-state index contributed by atoms with van der Waals surface area (Å²) in [4.78, 5) is 2.59. The molecule has 1 fully saturated rings. The van der Waals surface area contributed by atoms with E-state index in [2.05, 4.69) is 90.7 Å². The Kier molecular flexibility index (Phi) is 5.44. The van der Waals surface area contributed by atoms with Crippen LogP contribution in [0.1, 0.15) is 30.9 Å². The van der Waals surface area contributed by atoms with Gasteiger partial charge in [0.05, 0.1) is 0 Å². The second kappa shape index (κ2) is 7.94. The minimum absolute atomic E-state index is 0.456. The maximum Gasteiger partial charge on any atom is 0.0320 e. The molecule has 0 aromatic heterocycles. The van der Waals surface area contributed by atoms with Gasteiger partial charge in [-0.2, -0.15) is 0 Å². The number of likely N-dealkylation sites (tertiary alicyclic amines) is 1. The topological polar surface area (TPSA) is 3.24 Å². The molecule has 1 nitrogen and oxygen atoms in total. The van der Waals surface area contributed by atoms with Crippen LogP contribution in [0.4, 0.5) is 0 Å². The highest BCUT2D eigenvalue weighted by Crippen LogP contribution is 2.21. The third-order valence-corrected chi connectivity index (χ3v) is 4.57. The molecule has 1 aliphatic heterocycles.